The van der Waals surface area contributed by atoms with Crippen LogP contribution in [0.15, 0.2) is 48.2 Å². The van der Waals surface area contributed by atoms with E-state index < -0.39 is 5.41 Å². The maximum atomic E-state index is 11.7. The quantitative estimate of drug-likeness (QED) is 0.779. The van der Waals surface area contributed by atoms with Gasteiger partial charge in [0.2, 0.25) is 5.78 Å². The number of rotatable bonds is 1. The SMILES string of the molecule is CC1(C)C=C(c2ccccc2)C=C(O)C1=O. The number of allylic oxidation sites excluding steroid dienone is 4. The van der Waals surface area contributed by atoms with Crippen LogP contribution in [0.1, 0.15) is 19.4 Å². The van der Waals surface area contributed by atoms with Gasteiger partial charge < -0.3 is 5.11 Å². The molecule has 0 saturated heterocycles. The Hall–Kier alpha value is -1.83. The smallest absolute Gasteiger partial charge is 0.206 e. The minimum atomic E-state index is -0.635. The molecule has 0 unspecified atom stereocenters. The second kappa shape index (κ2) is 3.63. The molecule has 1 N–H and O–H groups in total. The van der Waals surface area contributed by atoms with Crippen molar-refractivity contribution in [2.45, 2.75) is 13.8 Å². The number of ketones is 1. The summed E-state index contributed by atoms with van der Waals surface area (Å²) in [6.45, 7) is 3.61. The summed E-state index contributed by atoms with van der Waals surface area (Å²) in [5.41, 5.74) is 1.27. The van der Waals surface area contributed by atoms with Crippen molar-refractivity contribution in [3.63, 3.8) is 0 Å². The Balaban J connectivity index is 2.49. The van der Waals surface area contributed by atoms with Gasteiger partial charge in [-0.05, 0) is 31.1 Å². The molecule has 82 valence electrons. The Bertz CT molecular complexity index is 479. The molecule has 0 bridgehead atoms. The van der Waals surface area contributed by atoms with Crippen LogP contribution in [0, 0.1) is 5.41 Å². The van der Waals surface area contributed by atoms with Gasteiger partial charge in [0, 0.05) is 0 Å². The van der Waals surface area contributed by atoms with Crippen LogP contribution in [0.2, 0.25) is 0 Å². The van der Waals surface area contributed by atoms with Gasteiger partial charge in [-0.15, -0.1) is 0 Å². The molecule has 0 aromatic heterocycles. The van der Waals surface area contributed by atoms with E-state index in [0.717, 1.165) is 11.1 Å². The molecule has 1 aromatic carbocycles. The van der Waals surface area contributed by atoms with E-state index in [1.807, 2.05) is 50.3 Å². The summed E-state index contributed by atoms with van der Waals surface area (Å²) in [6, 6.07) is 9.73. The van der Waals surface area contributed by atoms with Gasteiger partial charge in [-0.2, -0.15) is 0 Å². The molecular formula is C14H14O2. The lowest BCUT2D eigenvalue weighted by Gasteiger charge is -2.23. The minimum Gasteiger partial charge on any atom is -0.504 e. The molecule has 0 aliphatic heterocycles. The van der Waals surface area contributed by atoms with Gasteiger partial charge in [0.05, 0.1) is 5.41 Å². The fourth-order valence-electron chi connectivity index (χ4n) is 1.84. The zero-order chi connectivity index (χ0) is 11.8. The molecule has 2 nitrogen and oxygen atoms in total. The molecule has 0 fully saturated rings. The maximum absolute atomic E-state index is 11.7. The van der Waals surface area contributed by atoms with Crippen molar-refractivity contribution in [3.8, 4) is 0 Å². The second-order valence-electron chi connectivity index (χ2n) is 4.55. The predicted octanol–water partition coefficient (Wildman–Crippen LogP) is 3.12. The van der Waals surface area contributed by atoms with Gasteiger partial charge in [-0.1, -0.05) is 36.4 Å². The number of carbonyl (C=O) groups excluding carboxylic acids is 1. The molecule has 0 heterocycles. The molecule has 0 saturated carbocycles. The van der Waals surface area contributed by atoms with Gasteiger partial charge in [0.15, 0.2) is 5.76 Å². The van der Waals surface area contributed by atoms with Crippen LogP contribution in [-0.4, -0.2) is 10.9 Å². The van der Waals surface area contributed by atoms with Crippen LogP contribution in [0.4, 0.5) is 0 Å². The first-order valence-corrected chi connectivity index (χ1v) is 5.24. The van der Waals surface area contributed by atoms with Crippen molar-refractivity contribution in [2.75, 3.05) is 0 Å². The van der Waals surface area contributed by atoms with Crippen molar-refractivity contribution >= 4 is 11.4 Å². The molecule has 0 atom stereocenters. The Kier molecular flexibility index (Phi) is 2.43. The van der Waals surface area contributed by atoms with E-state index in [4.69, 9.17) is 0 Å². The van der Waals surface area contributed by atoms with E-state index >= 15 is 0 Å². The normalized spacial score (nSPS) is 19.0. The third-order valence-corrected chi connectivity index (χ3v) is 2.73. The van der Waals surface area contributed by atoms with Crippen molar-refractivity contribution in [1.82, 2.24) is 0 Å². The lowest BCUT2D eigenvalue weighted by molar-refractivity contribution is -0.123. The largest absolute Gasteiger partial charge is 0.504 e. The zero-order valence-electron chi connectivity index (χ0n) is 9.40. The number of aliphatic hydroxyl groups excluding tert-OH is 1. The number of hydrogen-bond donors (Lipinski definition) is 1. The maximum Gasteiger partial charge on any atom is 0.206 e. The third kappa shape index (κ3) is 1.78. The molecule has 1 aromatic rings. The average Bonchev–Trinajstić information content (AvgIpc) is 2.26. The molecule has 1 aliphatic rings. The Morgan fingerprint density at radius 1 is 1.12 bits per heavy atom. The van der Waals surface area contributed by atoms with E-state index in [1.54, 1.807) is 0 Å². The van der Waals surface area contributed by atoms with Crippen molar-refractivity contribution < 1.29 is 9.90 Å². The summed E-state index contributed by atoms with van der Waals surface area (Å²) in [4.78, 5) is 11.7. The predicted molar refractivity (Wildman–Crippen MR) is 63.9 cm³/mol. The lowest BCUT2D eigenvalue weighted by atomic mass is 9.80. The first-order chi connectivity index (χ1) is 7.50. The second-order valence-corrected chi connectivity index (χ2v) is 4.55. The van der Waals surface area contributed by atoms with Crippen LogP contribution in [-0.2, 0) is 4.79 Å². The fourth-order valence-corrected chi connectivity index (χ4v) is 1.84. The Morgan fingerprint density at radius 2 is 1.75 bits per heavy atom. The summed E-state index contributed by atoms with van der Waals surface area (Å²) in [5, 5.41) is 9.62. The van der Waals surface area contributed by atoms with E-state index in [9.17, 15) is 9.90 Å². The molecule has 1 aliphatic carbocycles. The standard InChI is InChI=1S/C14H14O2/c1-14(2)9-11(8-12(15)13(14)16)10-6-4-3-5-7-10/h3-9,15H,1-2H3. The van der Waals surface area contributed by atoms with Gasteiger partial charge >= 0.3 is 0 Å². The molecular weight excluding hydrogens is 200 g/mol. The highest BCUT2D eigenvalue weighted by atomic mass is 16.3. The van der Waals surface area contributed by atoms with Gasteiger partial charge in [0.1, 0.15) is 0 Å². The molecule has 2 rings (SSSR count). The van der Waals surface area contributed by atoms with Crippen molar-refractivity contribution in [1.29, 1.82) is 0 Å². The molecule has 0 spiro atoms. The van der Waals surface area contributed by atoms with Gasteiger partial charge in [-0.25, -0.2) is 0 Å². The van der Waals surface area contributed by atoms with E-state index in [0.29, 0.717) is 0 Å². The monoisotopic (exact) mass is 214 g/mol. The number of carbonyl (C=O) groups is 1. The third-order valence-electron chi connectivity index (χ3n) is 2.73. The Morgan fingerprint density at radius 3 is 2.31 bits per heavy atom. The topological polar surface area (TPSA) is 37.3 Å². The van der Waals surface area contributed by atoms with Crippen molar-refractivity contribution in [2.24, 2.45) is 5.41 Å². The molecule has 2 heteroatoms. The summed E-state index contributed by atoms with van der Waals surface area (Å²) >= 11 is 0. The number of benzene rings is 1. The highest BCUT2D eigenvalue weighted by molar-refractivity contribution is 6.04. The minimum absolute atomic E-state index is 0.161. The van der Waals surface area contributed by atoms with Crippen LogP contribution >= 0.6 is 0 Å². The summed E-state index contributed by atoms with van der Waals surface area (Å²) in [6.07, 6.45) is 3.42. The first kappa shape index (κ1) is 10.7. The Labute approximate surface area is 94.9 Å². The first-order valence-electron chi connectivity index (χ1n) is 5.24. The van der Waals surface area contributed by atoms with Crippen LogP contribution < -0.4 is 0 Å². The van der Waals surface area contributed by atoms with Crippen LogP contribution in [0.5, 0.6) is 0 Å². The van der Waals surface area contributed by atoms with Gasteiger partial charge in [-0.3, -0.25) is 4.79 Å². The fraction of sp³-hybridized carbons (Fsp3) is 0.214. The summed E-state index contributed by atoms with van der Waals surface area (Å²) in [7, 11) is 0. The number of Topliss-reactive ketones (excluding diaryl/α,β-unsaturated/α-hetero) is 1. The zero-order valence-corrected chi connectivity index (χ0v) is 9.40. The molecule has 0 amide bonds. The van der Waals surface area contributed by atoms with E-state index in [2.05, 4.69) is 0 Å². The van der Waals surface area contributed by atoms with Crippen LogP contribution in [0.25, 0.3) is 5.57 Å². The highest BCUT2D eigenvalue weighted by Crippen LogP contribution is 2.33. The van der Waals surface area contributed by atoms with E-state index in [1.165, 1.54) is 6.08 Å². The summed E-state index contributed by atoms with van der Waals surface area (Å²) < 4.78 is 0. The molecule has 16 heavy (non-hydrogen) atoms. The van der Waals surface area contributed by atoms with E-state index in [-0.39, 0.29) is 11.5 Å². The molecule has 0 radical (unpaired) electrons. The number of hydrogen-bond acceptors (Lipinski definition) is 2. The summed E-state index contributed by atoms with van der Waals surface area (Å²) in [5.74, 6) is -0.390. The van der Waals surface area contributed by atoms with Gasteiger partial charge in [0.25, 0.3) is 0 Å². The lowest BCUT2D eigenvalue weighted by Crippen LogP contribution is -2.26. The average molecular weight is 214 g/mol. The highest BCUT2D eigenvalue weighted by Gasteiger charge is 2.31. The van der Waals surface area contributed by atoms with Crippen LogP contribution in [0.3, 0.4) is 0 Å². The van der Waals surface area contributed by atoms with Crippen molar-refractivity contribution in [3.05, 3.63) is 53.8 Å². The number of aliphatic hydroxyl groups is 1.